The molecule has 6 nitrogen and oxygen atoms in total. The Kier molecular flexibility index (Phi) is 10.6. The van der Waals surface area contributed by atoms with Crippen LogP contribution in [0.1, 0.15) is 27.9 Å². The SMILES string of the molecule is CCNC(=NCc1nc(-c2ccccc2)cs1)NCCc1cccc(C(=O)N(C)C)c1.I. The second kappa shape index (κ2) is 13.2. The normalized spacial score (nSPS) is 10.9. The molecular formula is C24H30IN5OS. The molecule has 0 spiro atoms. The van der Waals surface area contributed by atoms with Crippen molar-refractivity contribution in [2.45, 2.75) is 19.9 Å². The summed E-state index contributed by atoms with van der Waals surface area (Å²) in [5.41, 5.74) is 3.93. The summed E-state index contributed by atoms with van der Waals surface area (Å²) in [5.74, 6) is 0.780. The van der Waals surface area contributed by atoms with Crippen LogP contribution >= 0.6 is 35.3 Å². The van der Waals surface area contributed by atoms with Crippen LogP contribution in [0.2, 0.25) is 0 Å². The Hall–Kier alpha value is -2.46. The molecule has 3 rings (SSSR count). The number of carbonyl (C=O) groups is 1. The van der Waals surface area contributed by atoms with Crippen LogP contribution in [-0.2, 0) is 13.0 Å². The zero-order valence-electron chi connectivity index (χ0n) is 18.7. The largest absolute Gasteiger partial charge is 0.357 e. The molecule has 1 heterocycles. The monoisotopic (exact) mass is 563 g/mol. The molecule has 2 aromatic carbocycles. The van der Waals surface area contributed by atoms with Crippen molar-refractivity contribution in [2.24, 2.45) is 4.99 Å². The Bertz CT molecular complexity index is 1020. The first kappa shape index (κ1) is 25.8. The number of nitrogens with one attached hydrogen (secondary N) is 2. The summed E-state index contributed by atoms with van der Waals surface area (Å²) < 4.78 is 0. The third kappa shape index (κ3) is 7.59. The van der Waals surface area contributed by atoms with Crippen molar-refractivity contribution in [3.63, 3.8) is 0 Å². The first-order valence-corrected chi connectivity index (χ1v) is 11.3. The van der Waals surface area contributed by atoms with Crippen LogP contribution in [0.4, 0.5) is 0 Å². The molecule has 0 saturated carbocycles. The number of rotatable bonds is 8. The molecule has 0 aliphatic rings. The minimum Gasteiger partial charge on any atom is -0.357 e. The van der Waals surface area contributed by atoms with Crippen LogP contribution in [0.15, 0.2) is 65.0 Å². The van der Waals surface area contributed by atoms with Crippen molar-refractivity contribution in [1.29, 1.82) is 0 Å². The molecule has 1 aromatic heterocycles. The molecule has 0 aliphatic heterocycles. The number of thiazole rings is 1. The van der Waals surface area contributed by atoms with Gasteiger partial charge in [0.25, 0.3) is 5.91 Å². The first-order chi connectivity index (χ1) is 15.1. The molecule has 0 bridgehead atoms. The average Bonchev–Trinajstić information content (AvgIpc) is 3.27. The van der Waals surface area contributed by atoms with Gasteiger partial charge >= 0.3 is 0 Å². The molecule has 2 N–H and O–H groups in total. The first-order valence-electron chi connectivity index (χ1n) is 10.4. The number of amides is 1. The smallest absolute Gasteiger partial charge is 0.253 e. The Morgan fingerprint density at radius 1 is 1.09 bits per heavy atom. The highest BCUT2D eigenvalue weighted by atomic mass is 127. The summed E-state index contributed by atoms with van der Waals surface area (Å²) in [4.78, 5) is 23.1. The van der Waals surface area contributed by atoms with Gasteiger partial charge in [-0.15, -0.1) is 35.3 Å². The van der Waals surface area contributed by atoms with E-state index in [4.69, 9.17) is 4.98 Å². The van der Waals surface area contributed by atoms with Gasteiger partial charge in [0.1, 0.15) is 5.01 Å². The highest BCUT2D eigenvalue weighted by Crippen LogP contribution is 2.21. The molecule has 8 heteroatoms. The van der Waals surface area contributed by atoms with Crippen molar-refractivity contribution < 1.29 is 4.79 Å². The fourth-order valence-electron chi connectivity index (χ4n) is 3.06. The van der Waals surface area contributed by atoms with Crippen LogP contribution < -0.4 is 10.6 Å². The fourth-order valence-corrected chi connectivity index (χ4v) is 3.78. The van der Waals surface area contributed by atoms with E-state index in [2.05, 4.69) is 33.1 Å². The number of benzene rings is 2. The van der Waals surface area contributed by atoms with Crippen molar-refractivity contribution in [3.05, 3.63) is 76.1 Å². The zero-order valence-corrected chi connectivity index (χ0v) is 21.8. The van der Waals surface area contributed by atoms with Gasteiger partial charge in [0.05, 0.1) is 12.2 Å². The highest BCUT2D eigenvalue weighted by molar-refractivity contribution is 14.0. The fraction of sp³-hybridized carbons (Fsp3) is 0.292. The summed E-state index contributed by atoms with van der Waals surface area (Å²) in [7, 11) is 3.53. The van der Waals surface area contributed by atoms with Crippen molar-refractivity contribution >= 4 is 47.2 Å². The molecule has 0 radical (unpaired) electrons. The number of hydrogen-bond donors (Lipinski definition) is 2. The topological polar surface area (TPSA) is 69.6 Å². The summed E-state index contributed by atoms with van der Waals surface area (Å²) in [6.07, 6.45) is 0.800. The van der Waals surface area contributed by atoms with E-state index in [1.54, 1.807) is 30.3 Å². The number of carbonyl (C=O) groups excluding carboxylic acids is 1. The molecule has 0 saturated heterocycles. The van der Waals surface area contributed by atoms with Gasteiger partial charge in [0.2, 0.25) is 0 Å². The van der Waals surface area contributed by atoms with Gasteiger partial charge in [-0.2, -0.15) is 0 Å². The number of aliphatic imine (C=N–C) groups is 1. The molecule has 170 valence electrons. The second-order valence-electron chi connectivity index (χ2n) is 7.26. The maximum absolute atomic E-state index is 12.2. The number of aromatic nitrogens is 1. The minimum absolute atomic E-state index is 0. The predicted molar refractivity (Wildman–Crippen MR) is 144 cm³/mol. The third-order valence-corrected chi connectivity index (χ3v) is 5.46. The maximum atomic E-state index is 12.2. The van der Waals surface area contributed by atoms with Gasteiger partial charge < -0.3 is 15.5 Å². The van der Waals surface area contributed by atoms with Crippen LogP contribution in [0.3, 0.4) is 0 Å². The van der Waals surface area contributed by atoms with E-state index in [0.29, 0.717) is 12.1 Å². The molecular weight excluding hydrogens is 533 g/mol. The minimum atomic E-state index is 0. The standard InChI is InChI=1S/C24H29N5OS.HI/c1-4-25-24(26-14-13-18-9-8-12-20(15-18)23(30)29(2)3)27-16-22-28-21(17-31-22)19-10-6-5-7-11-19;/h5-12,15,17H,4,13-14,16H2,1-3H3,(H2,25,26,27);1H. The number of hydrogen-bond acceptors (Lipinski definition) is 4. The lowest BCUT2D eigenvalue weighted by molar-refractivity contribution is 0.0827. The molecule has 0 atom stereocenters. The lowest BCUT2D eigenvalue weighted by Gasteiger charge is -2.13. The molecule has 0 fully saturated rings. The van der Waals surface area contributed by atoms with Gasteiger partial charge in [0.15, 0.2) is 5.96 Å². The van der Waals surface area contributed by atoms with Gasteiger partial charge in [-0.3, -0.25) is 4.79 Å². The molecule has 1 amide bonds. The highest BCUT2D eigenvalue weighted by Gasteiger charge is 2.08. The van der Waals surface area contributed by atoms with E-state index < -0.39 is 0 Å². The Balaban J connectivity index is 0.00000363. The maximum Gasteiger partial charge on any atom is 0.253 e. The third-order valence-electron chi connectivity index (χ3n) is 4.62. The van der Waals surface area contributed by atoms with E-state index >= 15 is 0 Å². The van der Waals surface area contributed by atoms with Crippen LogP contribution in [0, 0.1) is 0 Å². The molecule has 3 aromatic rings. The summed E-state index contributed by atoms with van der Waals surface area (Å²) in [5, 5.41) is 9.70. The lowest BCUT2D eigenvalue weighted by Crippen LogP contribution is -2.38. The molecule has 32 heavy (non-hydrogen) atoms. The van der Waals surface area contributed by atoms with E-state index in [9.17, 15) is 4.79 Å². The number of guanidine groups is 1. The van der Waals surface area contributed by atoms with E-state index in [1.165, 1.54) is 0 Å². The molecule has 0 unspecified atom stereocenters. The van der Waals surface area contributed by atoms with Gasteiger partial charge in [-0.1, -0.05) is 42.5 Å². The van der Waals surface area contributed by atoms with E-state index in [1.807, 2.05) is 49.4 Å². The van der Waals surface area contributed by atoms with Crippen LogP contribution in [-0.4, -0.2) is 48.9 Å². The zero-order chi connectivity index (χ0) is 22.1. The number of nitrogens with zero attached hydrogens (tertiary/aromatic N) is 3. The summed E-state index contributed by atoms with van der Waals surface area (Å²) in [6.45, 7) is 4.08. The summed E-state index contributed by atoms with van der Waals surface area (Å²) in [6, 6.07) is 17.9. The predicted octanol–water partition coefficient (Wildman–Crippen LogP) is 4.43. The van der Waals surface area contributed by atoms with Crippen LogP contribution in [0.25, 0.3) is 11.3 Å². The Labute approximate surface area is 211 Å². The van der Waals surface area contributed by atoms with Crippen molar-refractivity contribution in [1.82, 2.24) is 20.5 Å². The summed E-state index contributed by atoms with van der Waals surface area (Å²) >= 11 is 1.62. The van der Waals surface area contributed by atoms with E-state index in [-0.39, 0.29) is 29.9 Å². The average molecular weight is 564 g/mol. The lowest BCUT2D eigenvalue weighted by atomic mass is 10.1. The van der Waals surface area contributed by atoms with Gasteiger partial charge in [-0.05, 0) is 31.0 Å². The van der Waals surface area contributed by atoms with Gasteiger partial charge in [-0.25, -0.2) is 9.98 Å². The van der Waals surface area contributed by atoms with Gasteiger partial charge in [0, 0.05) is 43.7 Å². The Morgan fingerprint density at radius 3 is 2.59 bits per heavy atom. The van der Waals surface area contributed by atoms with Crippen molar-refractivity contribution in [3.8, 4) is 11.3 Å². The quantitative estimate of drug-likeness (QED) is 0.242. The Morgan fingerprint density at radius 2 is 1.88 bits per heavy atom. The second-order valence-corrected chi connectivity index (χ2v) is 8.21. The van der Waals surface area contributed by atoms with E-state index in [0.717, 1.165) is 47.3 Å². The molecule has 0 aliphatic carbocycles. The number of halogens is 1. The van der Waals surface area contributed by atoms with Crippen LogP contribution in [0.5, 0.6) is 0 Å². The van der Waals surface area contributed by atoms with Crippen molar-refractivity contribution in [2.75, 3.05) is 27.2 Å².